The summed E-state index contributed by atoms with van der Waals surface area (Å²) in [6.07, 6.45) is 2.31. The third-order valence-corrected chi connectivity index (χ3v) is 4.20. The first-order valence-corrected chi connectivity index (χ1v) is 7.58. The smallest absolute Gasteiger partial charge is 0.304 e. The molecule has 3 heteroatoms. The van der Waals surface area contributed by atoms with Crippen LogP contribution >= 0.6 is 0 Å². The van der Waals surface area contributed by atoms with Crippen molar-refractivity contribution in [2.45, 2.75) is 52.1 Å². The highest BCUT2D eigenvalue weighted by Gasteiger charge is 2.21. The molecule has 0 spiro atoms. The van der Waals surface area contributed by atoms with Crippen molar-refractivity contribution in [3.63, 3.8) is 0 Å². The number of carbonyl (C=O) groups is 1. The van der Waals surface area contributed by atoms with Crippen LogP contribution in [0.2, 0.25) is 0 Å². The molecule has 0 heterocycles. The van der Waals surface area contributed by atoms with Crippen molar-refractivity contribution < 1.29 is 14.6 Å². The average Bonchev–Trinajstić information content (AvgIpc) is 2.79. The molecule has 0 aliphatic heterocycles. The van der Waals surface area contributed by atoms with Gasteiger partial charge in [-0.1, -0.05) is 23.6 Å². The van der Waals surface area contributed by atoms with Crippen molar-refractivity contribution in [3.05, 3.63) is 41.0 Å². The number of ether oxygens (including phenoxy) is 1. The van der Waals surface area contributed by atoms with Crippen molar-refractivity contribution >= 4 is 5.97 Å². The second kappa shape index (κ2) is 7.17. The fourth-order valence-electron chi connectivity index (χ4n) is 2.73. The van der Waals surface area contributed by atoms with E-state index in [-0.39, 0.29) is 18.4 Å². The Hall–Kier alpha value is -2.21. The fraction of sp³-hybridized carbons (Fsp3) is 0.421. The van der Waals surface area contributed by atoms with Gasteiger partial charge in [-0.05, 0) is 56.9 Å². The summed E-state index contributed by atoms with van der Waals surface area (Å²) in [6.45, 7) is 6.01. The Morgan fingerprint density at radius 1 is 1.36 bits per heavy atom. The lowest BCUT2D eigenvalue weighted by Crippen LogP contribution is -2.14. The molecule has 22 heavy (non-hydrogen) atoms. The van der Waals surface area contributed by atoms with Gasteiger partial charge in [0.1, 0.15) is 11.9 Å². The molecule has 0 saturated heterocycles. The average molecular weight is 298 g/mol. The maximum absolute atomic E-state index is 10.9. The van der Waals surface area contributed by atoms with Crippen LogP contribution in [-0.2, 0) is 4.79 Å². The summed E-state index contributed by atoms with van der Waals surface area (Å²) in [5.41, 5.74) is 3.66. The molecular weight excluding hydrogens is 276 g/mol. The Balaban J connectivity index is 2.09. The van der Waals surface area contributed by atoms with Crippen molar-refractivity contribution in [1.29, 1.82) is 0 Å². The van der Waals surface area contributed by atoms with E-state index in [0.29, 0.717) is 0 Å². The topological polar surface area (TPSA) is 46.5 Å². The molecule has 1 N–H and O–H groups in total. The summed E-state index contributed by atoms with van der Waals surface area (Å²) in [7, 11) is 0. The molecule has 1 aliphatic rings. The molecule has 116 valence electrons. The first-order valence-electron chi connectivity index (χ1n) is 7.58. The van der Waals surface area contributed by atoms with Crippen LogP contribution in [0.5, 0.6) is 5.75 Å². The van der Waals surface area contributed by atoms with Gasteiger partial charge in [-0.3, -0.25) is 4.79 Å². The van der Waals surface area contributed by atoms with Crippen LogP contribution in [0.15, 0.2) is 35.4 Å². The van der Waals surface area contributed by atoms with E-state index in [1.165, 1.54) is 11.1 Å². The van der Waals surface area contributed by atoms with E-state index in [4.69, 9.17) is 9.84 Å². The Morgan fingerprint density at radius 3 is 2.55 bits per heavy atom. The van der Waals surface area contributed by atoms with Gasteiger partial charge >= 0.3 is 5.97 Å². The van der Waals surface area contributed by atoms with Gasteiger partial charge in [0.15, 0.2) is 0 Å². The van der Waals surface area contributed by atoms with Crippen LogP contribution in [0.1, 0.15) is 51.5 Å². The van der Waals surface area contributed by atoms with Crippen LogP contribution in [0, 0.1) is 11.8 Å². The molecule has 3 nitrogen and oxygen atoms in total. The number of benzene rings is 1. The number of carboxylic acids is 1. The van der Waals surface area contributed by atoms with Crippen molar-refractivity contribution in [2.75, 3.05) is 0 Å². The predicted molar refractivity (Wildman–Crippen MR) is 86.9 cm³/mol. The number of rotatable bonds is 5. The lowest BCUT2D eigenvalue weighted by Gasteiger charge is -2.16. The SMILES string of the molecule is CC#C[C@H](CC(=O)O)c1ccc(OC2CCC(C)=C2C)cc1. The van der Waals surface area contributed by atoms with E-state index in [9.17, 15) is 4.79 Å². The minimum Gasteiger partial charge on any atom is -0.486 e. The zero-order chi connectivity index (χ0) is 16.1. The molecule has 1 aliphatic carbocycles. The third kappa shape index (κ3) is 3.92. The Kier molecular flexibility index (Phi) is 5.27. The van der Waals surface area contributed by atoms with Crippen LogP contribution in [0.3, 0.4) is 0 Å². The molecule has 2 atom stereocenters. The van der Waals surface area contributed by atoms with Gasteiger partial charge in [0, 0.05) is 0 Å². The van der Waals surface area contributed by atoms with Gasteiger partial charge in [0.2, 0.25) is 0 Å². The van der Waals surface area contributed by atoms with E-state index >= 15 is 0 Å². The number of aliphatic carboxylic acids is 1. The van der Waals surface area contributed by atoms with Crippen molar-refractivity contribution in [3.8, 4) is 17.6 Å². The molecule has 1 unspecified atom stereocenters. The zero-order valence-electron chi connectivity index (χ0n) is 13.3. The number of hydrogen-bond acceptors (Lipinski definition) is 2. The van der Waals surface area contributed by atoms with E-state index in [2.05, 4.69) is 25.7 Å². The molecule has 0 fully saturated rings. The Morgan fingerprint density at radius 2 is 2.05 bits per heavy atom. The molecule has 0 saturated carbocycles. The van der Waals surface area contributed by atoms with Crippen LogP contribution in [0.4, 0.5) is 0 Å². The van der Waals surface area contributed by atoms with Crippen molar-refractivity contribution in [2.24, 2.45) is 0 Å². The molecule has 0 bridgehead atoms. The quantitative estimate of drug-likeness (QED) is 0.656. The fourth-order valence-corrected chi connectivity index (χ4v) is 2.73. The second-order valence-corrected chi connectivity index (χ2v) is 5.72. The van der Waals surface area contributed by atoms with Gasteiger partial charge in [0.25, 0.3) is 0 Å². The molecule has 0 amide bonds. The molecule has 2 rings (SSSR count). The molecule has 0 aromatic heterocycles. The maximum Gasteiger partial charge on any atom is 0.304 e. The molecule has 1 aromatic carbocycles. The van der Waals surface area contributed by atoms with Crippen LogP contribution in [-0.4, -0.2) is 17.2 Å². The highest BCUT2D eigenvalue weighted by atomic mass is 16.5. The standard InChI is InChI=1S/C19H22O3/c1-4-5-16(12-19(20)21)15-7-9-17(10-8-15)22-18-11-6-13(2)14(18)3/h7-10,16,18H,6,11-12H2,1-3H3,(H,20,21)/t16-,18?/m1/s1. The summed E-state index contributed by atoms with van der Waals surface area (Å²) in [5.74, 6) is 5.47. The van der Waals surface area contributed by atoms with Gasteiger partial charge in [0.05, 0.1) is 12.3 Å². The summed E-state index contributed by atoms with van der Waals surface area (Å²) in [6, 6.07) is 7.63. The van der Waals surface area contributed by atoms with Gasteiger partial charge in [-0.15, -0.1) is 5.92 Å². The summed E-state index contributed by atoms with van der Waals surface area (Å²) in [5, 5.41) is 8.97. The normalized spacial score (nSPS) is 18.6. The van der Waals surface area contributed by atoms with Gasteiger partial charge in [-0.25, -0.2) is 0 Å². The predicted octanol–water partition coefficient (Wildman–Crippen LogP) is 4.15. The maximum atomic E-state index is 10.9. The first kappa shape index (κ1) is 16.2. The Labute approximate surface area is 132 Å². The summed E-state index contributed by atoms with van der Waals surface area (Å²) >= 11 is 0. The third-order valence-electron chi connectivity index (χ3n) is 4.20. The second-order valence-electron chi connectivity index (χ2n) is 5.72. The van der Waals surface area contributed by atoms with Gasteiger partial charge < -0.3 is 9.84 Å². The number of hydrogen-bond donors (Lipinski definition) is 1. The first-order chi connectivity index (χ1) is 10.5. The molecule has 1 aromatic rings. The molecular formula is C19H22O3. The van der Waals surface area contributed by atoms with E-state index in [1.807, 2.05) is 24.3 Å². The molecule has 0 radical (unpaired) electrons. The van der Waals surface area contributed by atoms with E-state index in [1.54, 1.807) is 6.92 Å². The largest absolute Gasteiger partial charge is 0.486 e. The van der Waals surface area contributed by atoms with Crippen LogP contribution in [0.25, 0.3) is 0 Å². The minimum absolute atomic E-state index is 0.0186. The highest BCUT2D eigenvalue weighted by Crippen LogP contribution is 2.30. The van der Waals surface area contributed by atoms with Crippen LogP contribution < -0.4 is 4.74 Å². The number of allylic oxidation sites excluding steroid dienone is 1. The monoisotopic (exact) mass is 298 g/mol. The van der Waals surface area contributed by atoms with Gasteiger partial charge in [-0.2, -0.15) is 0 Å². The van der Waals surface area contributed by atoms with Crippen molar-refractivity contribution in [1.82, 2.24) is 0 Å². The highest BCUT2D eigenvalue weighted by molar-refractivity contribution is 5.69. The lowest BCUT2D eigenvalue weighted by molar-refractivity contribution is -0.137. The summed E-state index contributed by atoms with van der Waals surface area (Å²) in [4.78, 5) is 10.9. The van der Waals surface area contributed by atoms with E-state index in [0.717, 1.165) is 24.2 Å². The number of carboxylic acid groups (broad SMARTS) is 1. The minimum atomic E-state index is -0.838. The lowest BCUT2D eigenvalue weighted by atomic mass is 9.96. The zero-order valence-corrected chi connectivity index (χ0v) is 13.3. The Bertz CT molecular complexity index is 629. The van der Waals surface area contributed by atoms with E-state index < -0.39 is 5.97 Å². The summed E-state index contributed by atoms with van der Waals surface area (Å²) < 4.78 is 6.02.